The zero-order chi connectivity index (χ0) is 17.4. The zero-order valence-electron chi connectivity index (χ0n) is 14.8. The number of guanidine groups is 1. The average Bonchev–Trinajstić information content (AvgIpc) is 3.38. The standard InChI is InChI=1S/C18H28FN3O2/c1-14(24-17-8-6-16(19)7-9-17)12-21-18(20-2)22(3)10-11-23-13-15-4-5-15/h6-9,14-15H,4-5,10-13H2,1-3H3,(H,20,21). The van der Waals surface area contributed by atoms with Crippen LogP contribution in [0.2, 0.25) is 0 Å². The van der Waals surface area contributed by atoms with Crippen LogP contribution in [0.3, 0.4) is 0 Å². The van der Waals surface area contributed by atoms with Crippen LogP contribution in [0.15, 0.2) is 29.3 Å². The van der Waals surface area contributed by atoms with Crippen LogP contribution in [-0.4, -0.2) is 57.4 Å². The fraction of sp³-hybridized carbons (Fsp3) is 0.611. The highest BCUT2D eigenvalue weighted by Gasteiger charge is 2.21. The number of hydrogen-bond acceptors (Lipinski definition) is 3. The summed E-state index contributed by atoms with van der Waals surface area (Å²) in [5.41, 5.74) is 0. The van der Waals surface area contributed by atoms with Crippen LogP contribution in [-0.2, 0) is 4.74 Å². The van der Waals surface area contributed by atoms with Crippen LogP contribution in [0.25, 0.3) is 0 Å². The summed E-state index contributed by atoms with van der Waals surface area (Å²) in [5, 5.41) is 3.28. The molecule has 1 atom stereocenters. The summed E-state index contributed by atoms with van der Waals surface area (Å²) in [7, 11) is 3.75. The monoisotopic (exact) mass is 337 g/mol. The lowest BCUT2D eigenvalue weighted by atomic mass is 10.3. The topological polar surface area (TPSA) is 46.1 Å². The molecule has 6 heteroatoms. The Morgan fingerprint density at radius 3 is 2.71 bits per heavy atom. The predicted molar refractivity (Wildman–Crippen MR) is 94.0 cm³/mol. The quantitative estimate of drug-likeness (QED) is 0.427. The van der Waals surface area contributed by atoms with Crippen molar-refractivity contribution in [1.29, 1.82) is 0 Å². The van der Waals surface area contributed by atoms with Gasteiger partial charge in [-0.3, -0.25) is 4.99 Å². The summed E-state index contributed by atoms with van der Waals surface area (Å²) in [4.78, 5) is 6.31. The summed E-state index contributed by atoms with van der Waals surface area (Å²) in [5.74, 6) is 1.98. The second-order valence-corrected chi connectivity index (χ2v) is 6.25. The summed E-state index contributed by atoms with van der Waals surface area (Å²) in [6, 6.07) is 6.04. The van der Waals surface area contributed by atoms with Crippen LogP contribution >= 0.6 is 0 Å². The van der Waals surface area contributed by atoms with Gasteiger partial charge in [0.05, 0.1) is 13.2 Å². The van der Waals surface area contributed by atoms with E-state index >= 15 is 0 Å². The zero-order valence-corrected chi connectivity index (χ0v) is 14.8. The summed E-state index contributed by atoms with van der Waals surface area (Å²) in [6.07, 6.45) is 2.56. The number of halogens is 1. The number of ether oxygens (including phenoxy) is 2. The first kappa shape index (κ1) is 18.5. The van der Waals surface area contributed by atoms with Gasteiger partial charge in [0.2, 0.25) is 0 Å². The van der Waals surface area contributed by atoms with E-state index in [1.807, 2.05) is 18.9 Å². The van der Waals surface area contributed by atoms with E-state index in [0.29, 0.717) is 18.9 Å². The number of benzene rings is 1. The Hall–Kier alpha value is -1.82. The van der Waals surface area contributed by atoms with E-state index in [1.54, 1.807) is 19.2 Å². The number of hydrogen-bond donors (Lipinski definition) is 1. The Morgan fingerprint density at radius 1 is 1.38 bits per heavy atom. The van der Waals surface area contributed by atoms with Crippen LogP contribution in [0, 0.1) is 11.7 Å². The first-order valence-corrected chi connectivity index (χ1v) is 8.50. The second-order valence-electron chi connectivity index (χ2n) is 6.25. The van der Waals surface area contributed by atoms with Crippen molar-refractivity contribution in [1.82, 2.24) is 10.2 Å². The molecule has 0 heterocycles. The molecular weight excluding hydrogens is 309 g/mol. The molecule has 1 aromatic rings. The molecule has 1 aliphatic carbocycles. The Balaban J connectivity index is 1.66. The van der Waals surface area contributed by atoms with E-state index in [4.69, 9.17) is 9.47 Å². The van der Waals surface area contributed by atoms with E-state index in [1.165, 1.54) is 25.0 Å². The molecular formula is C18H28FN3O2. The Morgan fingerprint density at radius 2 is 2.08 bits per heavy atom. The van der Waals surface area contributed by atoms with Gasteiger partial charge < -0.3 is 19.7 Å². The number of aliphatic imine (C=N–C) groups is 1. The highest BCUT2D eigenvalue weighted by atomic mass is 19.1. The molecule has 0 aromatic heterocycles. The molecule has 1 saturated carbocycles. The maximum absolute atomic E-state index is 12.9. The minimum absolute atomic E-state index is 0.0632. The Bertz CT molecular complexity index is 518. The maximum atomic E-state index is 12.9. The minimum Gasteiger partial charge on any atom is -0.489 e. The first-order chi connectivity index (χ1) is 11.6. The van der Waals surface area contributed by atoms with Crippen molar-refractivity contribution in [2.75, 3.05) is 40.4 Å². The van der Waals surface area contributed by atoms with Crippen molar-refractivity contribution in [2.45, 2.75) is 25.9 Å². The Kier molecular flexibility index (Phi) is 7.31. The van der Waals surface area contributed by atoms with Gasteiger partial charge in [0.25, 0.3) is 0 Å². The molecule has 0 radical (unpaired) electrons. The normalized spacial score (nSPS) is 15.9. The molecule has 1 N–H and O–H groups in total. The van der Waals surface area contributed by atoms with Gasteiger partial charge in [-0.25, -0.2) is 4.39 Å². The average molecular weight is 337 g/mol. The molecule has 1 unspecified atom stereocenters. The van der Waals surface area contributed by atoms with Gasteiger partial charge in [-0.05, 0) is 49.9 Å². The van der Waals surface area contributed by atoms with Crippen molar-refractivity contribution >= 4 is 5.96 Å². The van der Waals surface area contributed by atoms with E-state index < -0.39 is 0 Å². The molecule has 1 fully saturated rings. The van der Waals surface area contributed by atoms with Gasteiger partial charge in [0.15, 0.2) is 5.96 Å². The van der Waals surface area contributed by atoms with Crippen molar-refractivity contribution in [3.63, 3.8) is 0 Å². The Labute approximate surface area is 143 Å². The molecule has 134 valence electrons. The molecule has 1 aromatic carbocycles. The molecule has 0 spiro atoms. The van der Waals surface area contributed by atoms with Crippen LogP contribution in [0.4, 0.5) is 4.39 Å². The van der Waals surface area contributed by atoms with Gasteiger partial charge in [-0.2, -0.15) is 0 Å². The van der Waals surface area contributed by atoms with Gasteiger partial charge >= 0.3 is 0 Å². The van der Waals surface area contributed by atoms with Crippen molar-refractivity contribution < 1.29 is 13.9 Å². The lowest BCUT2D eigenvalue weighted by Gasteiger charge is -2.24. The third-order valence-corrected chi connectivity index (χ3v) is 3.89. The minimum atomic E-state index is -0.265. The third-order valence-electron chi connectivity index (χ3n) is 3.89. The lowest BCUT2D eigenvalue weighted by Crippen LogP contribution is -2.44. The van der Waals surface area contributed by atoms with Crippen LogP contribution < -0.4 is 10.1 Å². The van der Waals surface area contributed by atoms with Gasteiger partial charge in [-0.1, -0.05) is 0 Å². The molecule has 0 aliphatic heterocycles. The number of nitrogens with one attached hydrogen (secondary N) is 1. The fourth-order valence-electron chi connectivity index (χ4n) is 2.25. The predicted octanol–water partition coefficient (Wildman–Crippen LogP) is 2.53. The molecule has 24 heavy (non-hydrogen) atoms. The largest absolute Gasteiger partial charge is 0.489 e. The molecule has 5 nitrogen and oxygen atoms in total. The number of rotatable bonds is 9. The summed E-state index contributed by atoms with van der Waals surface area (Å²) in [6.45, 7) is 4.94. The van der Waals surface area contributed by atoms with E-state index in [9.17, 15) is 4.39 Å². The number of nitrogens with zero attached hydrogens (tertiary/aromatic N) is 2. The second kappa shape index (κ2) is 9.47. The summed E-state index contributed by atoms with van der Waals surface area (Å²) < 4.78 is 24.3. The lowest BCUT2D eigenvalue weighted by molar-refractivity contribution is 0.115. The molecule has 0 bridgehead atoms. The van der Waals surface area contributed by atoms with E-state index in [0.717, 1.165) is 25.0 Å². The van der Waals surface area contributed by atoms with Gasteiger partial charge in [0, 0.05) is 27.2 Å². The maximum Gasteiger partial charge on any atom is 0.193 e. The fourth-order valence-corrected chi connectivity index (χ4v) is 2.25. The summed E-state index contributed by atoms with van der Waals surface area (Å²) >= 11 is 0. The van der Waals surface area contributed by atoms with Crippen LogP contribution in [0.1, 0.15) is 19.8 Å². The highest BCUT2D eigenvalue weighted by Crippen LogP contribution is 2.28. The first-order valence-electron chi connectivity index (χ1n) is 8.50. The van der Waals surface area contributed by atoms with Crippen molar-refractivity contribution in [3.05, 3.63) is 30.1 Å². The SMILES string of the molecule is CN=C(NCC(C)Oc1ccc(F)cc1)N(C)CCOCC1CC1. The molecule has 0 amide bonds. The van der Waals surface area contributed by atoms with Gasteiger partial charge in [-0.15, -0.1) is 0 Å². The van der Waals surface area contributed by atoms with Crippen molar-refractivity contribution in [3.8, 4) is 5.75 Å². The van der Waals surface area contributed by atoms with Crippen LogP contribution in [0.5, 0.6) is 5.75 Å². The van der Waals surface area contributed by atoms with E-state index in [2.05, 4.69) is 10.3 Å². The van der Waals surface area contributed by atoms with Gasteiger partial charge in [0.1, 0.15) is 17.7 Å². The van der Waals surface area contributed by atoms with Crippen molar-refractivity contribution in [2.24, 2.45) is 10.9 Å². The molecule has 0 saturated heterocycles. The number of likely N-dealkylation sites (N-methyl/N-ethyl adjacent to an activating group) is 1. The molecule has 1 aliphatic rings. The molecule has 2 rings (SSSR count). The third kappa shape index (κ3) is 6.74. The van der Waals surface area contributed by atoms with E-state index in [-0.39, 0.29) is 11.9 Å². The smallest absolute Gasteiger partial charge is 0.193 e. The highest BCUT2D eigenvalue weighted by molar-refractivity contribution is 5.79.